The number of likely N-dealkylation sites (N-methyl/N-ethyl adjacent to an activating group) is 1. The standard InChI is InChI=1S/C17H30N4S/c1-13(10-15-6-5-9-22-15)11-19-17(18-2)20-12-16(21(3)4)14-7-8-14/h5-6,9,13-14,16H,7-8,10-12H2,1-4H3,(H2,18,19,20). The number of hydrogen-bond donors (Lipinski definition) is 2. The van der Waals surface area contributed by atoms with Gasteiger partial charge < -0.3 is 15.5 Å². The fraction of sp³-hybridized carbons (Fsp3) is 0.706. The molecule has 2 atom stereocenters. The molecule has 2 unspecified atom stereocenters. The van der Waals surface area contributed by atoms with Crippen molar-refractivity contribution in [3.05, 3.63) is 22.4 Å². The molecule has 1 aromatic rings. The Hall–Kier alpha value is -1.07. The van der Waals surface area contributed by atoms with Gasteiger partial charge in [0.25, 0.3) is 0 Å². The van der Waals surface area contributed by atoms with Gasteiger partial charge in [-0.1, -0.05) is 13.0 Å². The van der Waals surface area contributed by atoms with Crippen molar-refractivity contribution in [1.29, 1.82) is 0 Å². The largest absolute Gasteiger partial charge is 0.356 e. The first-order valence-corrected chi connectivity index (χ1v) is 9.11. The fourth-order valence-corrected chi connectivity index (χ4v) is 3.66. The van der Waals surface area contributed by atoms with Gasteiger partial charge in [0.2, 0.25) is 0 Å². The lowest BCUT2D eigenvalue weighted by atomic mass is 10.1. The molecule has 124 valence electrons. The molecule has 0 radical (unpaired) electrons. The molecule has 4 nitrogen and oxygen atoms in total. The molecule has 0 amide bonds. The van der Waals surface area contributed by atoms with E-state index in [-0.39, 0.29) is 0 Å². The van der Waals surface area contributed by atoms with Gasteiger partial charge in [0.1, 0.15) is 0 Å². The summed E-state index contributed by atoms with van der Waals surface area (Å²) in [5.74, 6) is 2.38. The molecule has 1 heterocycles. The number of hydrogen-bond acceptors (Lipinski definition) is 3. The molecule has 0 saturated heterocycles. The van der Waals surface area contributed by atoms with E-state index in [2.05, 4.69) is 59.1 Å². The van der Waals surface area contributed by atoms with Gasteiger partial charge in [-0.15, -0.1) is 11.3 Å². The Morgan fingerprint density at radius 1 is 1.36 bits per heavy atom. The van der Waals surface area contributed by atoms with Crippen LogP contribution in [-0.4, -0.2) is 51.1 Å². The van der Waals surface area contributed by atoms with Crippen LogP contribution in [0.25, 0.3) is 0 Å². The molecule has 1 aliphatic rings. The molecule has 22 heavy (non-hydrogen) atoms. The van der Waals surface area contributed by atoms with Crippen LogP contribution in [0.2, 0.25) is 0 Å². The van der Waals surface area contributed by atoms with Crippen molar-refractivity contribution in [3.8, 4) is 0 Å². The molecule has 1 aromatic heterocycles. The third-order valence-corrected chi connectivity index (χ3v) is 5.18. The molecule has 0 aliphatic heterocycles. The van der Waals surface area contributed by atoms with Crippen molar-refractivity contribution in [2.75, 3.05) is 34.2 Å². The second-order valence-electron chi connectivity index (χ2n) is 6.59. The van der Waals surface area contributed by atoms with Crippen LogP contribution in [-0.2, 0) is 6.42 Å². The normalized spacial score (nSPS) is 18.3. The molecule has 0 spiro atoms. The quantitative estimate of drug-likeness (QED) is 0.570. The predicted molar refractivity (Wildman–Crippen MR) is 96.8 cm³/mol. The first-order chi connectivity index (χ1) is 10.6. The van der Waals surface area contributed by atoms with Gasteiger partial charge in [0.15, 0.2) is 5.96 Å². The van der Waals surface area contributed by atoms with Crippen LogP contribution in [0, 0.1) is 11.8 Å². The number of thiophene rings is 1. The van der Waals surface area contributed by atoms with Crippen LogP contribution < -0.4 is 10.6 Å². The lowest BCUT2D eigenvalue weighted by molar-refractivity contribution is 0.264. The van der Waals surface area contributed by atoms with E-state index >= 15 is 0 Å². The molecule has 2 rings (SSSR count). The topological polar surface area (TPSA) is 39.7 Å². The van der Waals surface area contributed by atoms with Crippen molar-refractivity contribution in [2.24, 2.45) is 16.8 Å². The SMILES string of the molecule is CN=C(NCC(C)Cc1cccs1)NCC(C1CC1)N(C)C. The zero-order chi connectivity index (χ0) is 15.9. The molecule has 2 N–H and O–H groups in total. The van der Waals surface area contributed by atoms with Crippen LogP contribution in [0.1, 0.15) is 24.6 Å². The number of rotatable bonds is 8. The Balaban J connectivity index is 1.70. The summed E-state index contributed by atoms with van der Waals surface area (Å²) in [6.07, 6.45) is 3.87. The predicted octanol–water partition coefficient (Wildman–Crippen LogP) is 2.43. The second kappa shape index (κ2) is 8.53. The van der Waals surface area contributed by atoms with Gasteiger partial charge >= 0.3 is 0 Å². The lowest BCUT2D eigenvalue weighted by Gasteiger charge is -2.25. The van der Waals surface area contributed by atoms with E-state index in [0.717, 1.165) is 31.4 Å². The molecule has 1 fully saturated rings. The summed E-state index contributed by atoms with van der Waals surface area (Å²) in [5, 5.41) is 9.09. The van der Waals surface area contributed by atoms with E-state index in [0.29, 0.717) is 12.0 Å². The average Bonchev–Trinajstić information content (AvgIpc) is 3.19. The van der Waals surface area contributed by atoms with E-state index in [4.69, 9.17) is 0 Å². The maximum Gasteiger partial charge on any atom is 0.191 e. The number of aliphatic imine (C=N–C) groups is 1. The first kappa shape index (κ1) is 17.3. The van der Waals surface area contributed by atoms with Gasteiger partial charge in [-0.3, -0.25) is 4.99 Å². The molecular formula is C17H30N4S. The Labute approximate surface area is 139 Å². The summed E-state index contributed by atoms with van der Waals surface area (Å²) >= 11 is 1.84. The number of nitrogens with zero attached hydrogens (tertiary/aromatic N) is 2. The van der Waals surface area contributed by atoms with E-state index in [1.54, 1.807) is 0 Å². The van der Waals surface area contributed by atoms with Crippen molar-refractivity contribution in [2.45, 2.75) is 32.2 Å². The Morgan fingerprint density at radius 3 is 2.64 bits per heavy atom. The second-order valence-corrected chi connectivity index (χ2v) is 7.62. The van der Waals surface area contributed by atoms with Crippen LogP contribution in [0.4, 0.5) is 0 Å². The summed E-state index contributed by atoms with van der Waals surface area (Å²) in [4.78, 5) is 8.13. The Kier molecular flexibility index (Phi) is 6.70. The summed E-state index contributed by atoms with van der Waals surface area (Å²) in [5.41, 5.74) is 0. The van der Waals surface area contributed by atoms with Crippen LogP contribution in [0.3, 0.4) is 0 Å². The van der Waals surface area contributed by atoms with Gasteiger partial charge in [0.05, 0.1) is 0 Å². The molecule has 1 aliphatic carbocycles. The molecule has 0 bridgehead atoms. The van der Waals surface area contributed by atoms with E-state index in [1.165, 1.54) is 17.7 Å². The Morgan fingerprint density at radius 2 is 2.09 bits per heavy atom. The van der Waals surface area contributed by atoms with Crippen LogP contribution in [0.15, 0.2) is 22.5 Å². The monoisotopic (exact) mass is 322 g/mol. The summed E-state index contributed by atoms with van der Waals surface area (Å²) in [7, 11) is 6.19. The third kappa shape index (κ3) is 5.61. The number of nitrogens with one attached hydrogen (secondary N) is 2. The van der Waals surface area contributed by atoms with E-state index in [9.17, 15) is 0 Å². The van der Waals surface area contributed by atoms with E-state index < -0.39 is 0 Å². The maximum atomic E-state index is 4.35. The van der Waals surface area contributed by atoms with Gasteiger partial charge in [-0.25, -0.2) is 0 Å². The Bertz CT molecular complexity index is 449. The van der Waals surface area contributed by atoms with Gasteiger partial charge in [-0.2, -0.15) is 0 Å². The lowest BCUT2D eigenvalue weighted by Crippen LogP contribution is -2.46. The van der Waals surface area contributed by atoms with Gasteiger partial charge in [-0.05, 0) is 56.6 Å². The molecule has 5 heteroatoms. The highest BCUT2D eigenvalue weighted by Crippen LogP contribution is 2.34. The van der Waals surface area contributed by atoms with Crippen LogP contribution >= 0.6 is 11.3 Å². The minimum Gasteiger partial charge on any atom is -0.356 e. The highest BCUT2D eigenvalue weighted by Gasteiger charge is 2.32. The van der Waals surface area contributed by atoms with Gasteiger partial charge in [0, 0.05) is 31.1 Å². The zero-order valence-electron chi connectivity index (χ0n) is 14.3. The molecular weight excluding hydrogens is 292 g/mol. The third-order valence-electron chi connectivity index (χ3n) is 4.28. The van der Waals surface area contributed by atoms with Crippen molar-refractivity contribution < 1.29 is 0 Å². The molecule has 0 aromatic carbocycles. The van der Waals surface area contributed by atoms with Crippen molar-refractivity contribution >= 4 is 17.3 Å². The fourth-order valence-electron chi connectivity index (χ4n) is 2.79. The highest BCUT2D eigenvalue weighted by molar-refractivity contribution is 7.09. The minimum absolute atomic E-state index is 0.602. The highest BCUT2D eigenvalue weighted by atomic mass is 32.1. The van der Waals surface area contributed by atoms with Crippen LogP contribution in [0.5, 0.6) is 0 Å². The zero-order valence-corrected chi connectivity index (χ0v) is 15.1. The number of guanidine groups is 1. The summed E-state index contributed by atoms with van der Waals surface area (Å²) in [6, 6.07) is 4.95. The van der Waals surface area contributed by atoms with Crippen molar-refractivity contribution in [1.82, 2.24) is 15.5 Å². The summed E-state index contributed by atoms with van der Waals surface area (Å²) in [6.45, 7) is 4.21. The summed E-state index contributed by atoms with van der Waals surface area (Å²) < 4.78 is 0. The first-order valence-electron chi connectivity index (χ1n) is 8.23. The van der Waals surface area contributed by atoms with E-state index in [1.807, 2.05) is 18.4 Å². The smallest absolute Gasteiger partial charge is 0.191 e. The minimum atomic E-state index is 0.602. The average molecular weight is 323 g/mol. The molecule has 1 saturated carbocycles. The van der Waals surface area contributed by atoms with Crippen molar-refractivity contribution in [3.63, 3.8) is 0 Å². The maximum absolute atomic E-state index is 4.35.